The second-order valence-corrected chi connectivity index (χ2v) is 4.65. The summed E-state index contributed by atoms with van der Waals surface area (Å²) in [7, 11) is 0. The number of hydrogen-bond donors (Lipinski definition) is 1. The summed E-state index contributed by atoms with van der Waals surface area (Å²) in [5, 5.41) is 0.669. The van der Waals surface area contributed by atoms with Crippen molar-refractivity contribution < 1.29 is 4.79 Å². The average molecular weight is 276 g/mol. The monoisotopic (exact) mass is 275 g/mol. The van der Waals surface area contributed by atoms with Crippen LogP contribution in [-0.2, 0) is 6.42 Å². The van der Waals surface area contributed by atoms with Crippen LogP contribution in [0, 0.1) is 0 Å². The Morgan fingerprint density at radius 2 is 2.26 bits per heavy atom. The zero-order valence-corrected chi connectivity index (χ0v) is 10.6. The van der Waals surface area contributed by atoms with Crippen molar-refractivity contribution in [3.05, 3.63) is 57.2 Å². The number of carbonyl (C=O) groups excluding carboxylic acids is 1. The summed E-state index contributed by atoms with van der Waals surface area (Å²) in [5.74, 6) is -0.239. The molecule has 2 aromatic rings. The normalized spacial score (nSPS) is 13.4. The van der Waals surface area contributed by atoms with Crippen LogP contribution in [-0.4, -0.2) is 22.4 Å². The molecule has 0 atom stereocenters. The van der Waals surface area contributed by atoms with E-state index in [9.17, 15) is 9.59 Å². The van der Waals surface area contributed by atoms with Crippen LogP contribution in [0.25, 0.3) is 0 Å². The lowest BCUT2D eigenvalue weighted by molar-refractivity contribution is 0.0984. The second kappa shape index (κ2) is 4.51. The quantitative estimate of drug-likeness (QED) is 0.860. The number of aromatic amines is 1. The number of amides is 1. The molecule has 0 radical (unpaired) electrons. The number of nitrogens with zero attached hydrogens (tertiary/aromatic N) is 2. The molecule has 1 amide bonds. The maximum Gasteiger partial charge on any atom is 0.278 e. The molecule has 0 fully saturated rings. The summed E-state index contributed by atoms with van der Waals surface area (Å²) < 4.78 is 0. The molecule has 19 heavy (non-hydrogen) atoms. The molecule has 1 aliphatic rings. The van der Waals surface area contributed by atoms with Crippen molar-refractivity contribution in [1.29, 1.82) is 0 Å². The van der Waals surface area contributed by atoms with E-state index in [0.717, 1.165) is 23.9 Å². The first-order valence-electron chi connectivity index (χ1n) is 5.81. The topological polar surface area (TPSA) is 66.1 Å². The number of aromatic nitrogens is 2. The molecular weight excluding hydrogens is 266 g/mol. The van der Waals surface area contributed by atoms with E-state index in [-0.39, 0.29) is 17.2 Å². The van der Waals surface area contributed by atoms with Crippen molar-refractivity contribution in [2.45, 2.75) is 6.42 Å². The number of benzene rings is 1. The lowest BCUT2D eigenvalue weighted by atomic mass is 10.2. The van der Waals surface area contributed by atoms with E-state index in [1.54, 1.807) is 4.90 Å². The lowest BCUT2D eigenvalue weighted by Crippen LogP contribution is -2.30. The Morgan fingerprint density at radius 3 is 3.00 bits per heavy atom. The van der Waals surface area contributed by atoms with Gasteiger partial charge in [-0.15, -0.1) is 0 Å². The van der Waals surface area contributed by atoms with Gasteiger partial charge in [-0.1, -0.05) is 17.7 Å². The Kier molecular flexibility index (Phi) is 2.83. The predicted molar refractivity (Wildman–Crippen MR) is 71.7 cm³/mol. The van der Waals surface area contributed by atoms with Gasteiger partial charge in [-0.25, -0.2) is 4.98 Å². The van der Waals surface area contributed by atoms with Crippen molar-refractivity contribution in [3.8, 4) is 0 Å². The number of hydrogen-bond acceptors (Lipinski definition) is 3. The van der Waals surface area contributed by atoms with Crippen molar-refractivity contribution >= 4 is 23.2 Å². The van der Waals surface area contributed by atoms with Crippen LogP contribution in [0.1, 0.15) is 16.1 Å². The molecule has 1 N–H and O–H groups in total. The molecule has 0 spiro atoms. The van der Waals surface area contributed by atoms with Gasteiger partial charge in [0.25, 0.3) is 11.5 Å². The zero-order valence-electron chi connectivity index (χ0n) is 9.89. The summed E-state index contributed by atoms with van der Waals surface area (Å²) in [6, 6.07) is 5.48. The summed E-state index contributed by atoms with van der Waals surface area (Å²) in [6.07, 6.45) is 3.15. The summed E-state index contributed by atoms with van der Waals surface area (Å²) in [4.78, 5) is 31.2. The first kappa shape index (κ1) is 11.9. The molecule has 1 aromatic heterocycles. The largest absolute Gasteiger partial charge is 0.325 e. The highest BCUT2D eigenvalue weighted by Gasteiger charge is 2.27. The number of halogens is 1. The van der Waals surface area contributed by atoms with E-state index in [1.807, 2.05) is 18.2 Å². The first-order valence-corrected chi connectivity index (χ1v) is 6.18. The molecule has 0 aliphatic carbocycles. The van der Waals surface area contributed by atoms with Gasteiger partial charge in [0.1, 0.15) is 5.69 Å². The minimum Gasteiger partial charge on any atom is -0.325 e. The van der Waals surface area contributed by atoms with E-state index < -0.39 is 0 Å². The maximum absolute atomic E-state index is 12.3. The third kappa shape index (κ3) is 2.02. The van der Waals surface area contributed by atoms with Gasteiger partial charge in [0.05, 0.1) is 6.20 Å². The number of anilines is 1. The fraction of sp³-hybridized carbons (Fsp3) is 0.154. The van der Waals surface area contributed by atoms with Crippen LogP contribution in [0.4, 0.5) is 5.69 Å². The highest BCUT2D eigenvalue weighted by atomic mass is 35.5. The Labute approximate surface area is 113 Å². The molecule has 0 saturated carbocycles. The van der Waals surface area contributed by atoms with Gasteiger partial charge in [0.15, 0.2) is 0 Å². The van der Waals surface area contributed by atoms with Gasteiger partial charge >= 0.3 is 0 Å². The standard InChI is InChI=1S/C13H10ClN3O2/c14-9-2-1-3-11-8(9)4-5-17(11)13(19)10-6-16-12(18)7-15-10/h1-3,6-7H,4-5H2,(H,16,18). The van der Waals surface area contributed by atoms with Crippen LogP contribution in [0.15, 0.2) is 35.4 Å². The Hall–Kier alpha value is -2.14. The molecule has 0 unspecified atom stereocenters. The highest BCUT2D eigenvalue weighted by molar-refractivity contribution is 6.32. The van der Waals surface area contributed by atoms with Crippen molar-refractivity contribution in [2.75, 3.05) is 11.4 Å². The van der Waals surface area contributed by atoms with E-state index >= 15 is 0 Å². The molecule has 0 bridgehead atoms. The molecule has 6 heteroatoms. The maximum atomic E-state index is 12.3. The Morgan fingerprint density at radius 1 is 1.42 bits per heavy atom. The summed E-state index contributed by atoms with van der Waals surface area (Å²) in [5.41, 5.74) is 1.67. The number of rotatable bonds is 1. The first-order chi connectivity index (χ1) is 9.16. The fourth-order valence-corrected chi connectivity index (χ4v) is 2.46. The van der Waals surface area contributed by atoms with Crippen molar-refractivity contribution in [1.82, 2.24) is 9.97 Å². The molecule has 0 saturated heterocycles. The van der Waals surface area contributed by atoms with Crippen molar-refractivity contribution in [2.24, 2.45) is 0 Å². The number of fused-ring (bicyclic) bond motifs is 1. The lowest BCUT2D eigenvalue weighted by Gasteiger charge is -2.16. The number of carbonyl (C=O) groups is 1. The van der Waals surface area contributed by atoms with E-state index in [4.69, 9.17) is 11.6 Å². The second-order valence-electron chi connectivity index (χ2n) is 4.24. The minimum absolute atomic E-state index is 0.215. The summed E-state index contributed by atoms with van der Waals surface area (Å²) >= 11 is 6.11. The van der Waals surface area contributed by atoms with Gasteiger partial charge in [-0.2, -0.15) is 0 Å². The van der Waals surface area contributed by atoms with Gasteiger partial charge in [0.2, 0.25) is 0 Å². The van der Waals surface area contributed by atoms with Crippen LogP contribution < -0.4 is 10.5 Å². The SMILES string of the molecule is O=C(c1c[nH]c(=O)cn1)N1CCc2c(Cl)cccc21. The molecule has 96 valence electrons. The molecule has 3 rings (SSSR count). The van der Waals surface area contributed by atoms with Gasteiger partial charge in [-0.05, 0) is 24.1 Å². The minimum atomic E-state index is -0.332. The van der Waals surface area contributed by atoms with Gasteiger partial charge < -0.3 is 9.88 Å². The van der Waals surface area contributed by atoms with Crippen LogP contribution in [0.5, 0.6) is 0 Å². The Bertz CT molecular complexity index is 691. The molecule has 2 heterocycles. The van der Waals surface area contributed by atoms with Crippen LogP contribution in [0.3, 0.4) is 0 Å². The molecule has 5 nitrogen and oxygen atoms in total. The number of nitrogens with one attached hydrogen (secondary N) is 1. The molecular formula is C13H10ClN3O2. The van der Waals surface area contributed by atoms with Crippen molar-refractivity contribution in [3.63, 3.8) is 0 Å². The van der Waals surface area contributed by atoms with Crippen LogP contribution >= 0.6 is 11.6 Å². The third-order valence-corrected chi connectivity index (χ3v) is 3.46. The fourth-order valence-electron chi connectivity index (χ4n) is 2.20. The molecule has 1 aromatic carbocycles. The average Bonchev–Trinajstić information content (AvgIpc) is 2.84. The van der Waals surface area contributed by atoms with Crippen LogP contribution in [0.2, 0.25) is 5.02 Å². The van der Waals surface area contributed by atoms with E-state index in [2.05, 4.69) is 9.97 Å². The number of H-pyrrole nitrogens is 1. The van der Waals surface area contributed by atoms with E-state index in [1.165, 1.54) is 6.20 Å². The smallest absolute Gasteiger partial charge is 0.278 e. The third-order valence-electron chi connectivity index (χ3n) is 3.11. The summed E-state index contributed by atoms with van der Waals surface area (Å²) in [6.45, 7) is 0.568. The highest BCUT2D eigenvalue weighted by Crippen LogP contribution is 2.33. The van der Waals surface area contributed by atoms with E-state index in [0.29, 0.717) is 11.6 Å². The predicted octanol–water partition coefficient (Wildman–Crippen LogP) is 1.63. The zero-order chi connectivity index (χ0) is 13.4. The molecule has 1 aliphatic heterocycles. The Balaban J connectivity index is 1.98. The van der Waals surface area contributed by atoms with Gasteiger partial charge in [0, 0.05) is 23.5 Å². The van der Waals surface area contributed by atoms with Gasteiger partial charge in [-0.3, -0.25) is 9.59 Å².